The minimum absolute atomic E-state index is 0.190. The molecule has 0 bridgehead atoms. The van der Waals surface area contributed by atoms with E-state index >= 15 is 0 Å². The molecule has 26 heavy (non-hydrogen) atoms. The van der Waals surface area contributed by atoms with Crippen molar-refractivity contribution in [2.45, 2.75) is 0 Å². The molecule has 3 aromatic rings. The van der Waals surface area contributed by atoms with Gasteiger partial charge in [-0.25, -0.2) is 4.99 Å². The van der Waals surface area contributed by atoms with Crippen molar-refractivity contribution < 1.29 is 4.79 Å². The molecule has 0 spiro atoms. The molecule has 0 aliphatic heterocycles. The molecule has 0 saturated heterocycles. The number of hydrogen-bond donors (Lipinski definition) is 2. The number of nitrogens with zero attached hydrogens (tertiary/aromatic N) is 3. The van der Waals surface area contributed by atoms with E-state index < -0.39 is 0 Å². The second kappa shape index (κ2) is 8.22. The maximum absolute atomic E-state index is 12.2. The highest BCUT2D eigenvalue weighted by molar-refractivity contribution is 7.80. The highest BCUT2D eigenvalue weighted by atomic mass is 35.5. The lowest BCUT2D eigenvalue weighted by Gasteiger charge is -2.02. The Balaban J connectivity index is 1.99. The SMILES string of the molecule is CNC(=O)c1nn(-c2cccc(Cl)c2)s/c1=N\C(=S)Nc1ccccc1. The summed E-state index contributed by atoms with van der Waals surface area (Å²) in [7, 11) is 1.54. The number of carbonyl (C=O) groups excluding carboxylic acids is 1. The molecule has 0 atom stereocenters. The molecule has 0 aliphatic rings. The van der Waals surface area contributed by atoms with Crippen molar-refractivity contribution in [3.05, 3.63) is 70.0 Å². The van der Waals surface area contributed by atoms with Crippen molar-refractivity contribution in [1.82, 2.24) is 14.5 Å². The summed E-state index contributed by atoms with van der Waals surface area (Å²) in [5, 5.41) is 10.7. The highest BCUT2D eigenvalue weighted by Gasteiger charge is 2.15. The van der Waals surface area contributed by atoms with E-state index in [2.05, 4.69) is 20.7 Å². The van der Waals surface area contributed by atoms with Crippen LogP contribution in [-0.4, -0.2) is 27.2 Å². The maximum atomic E-state index is 12.2. The lowest BCUT2D eigenvalue weighted by molar-refractivity contribution is 0.0956. The van der Waals surface area contributed by atoms with Gasteiger partial charge in [0.1, 0.15) is 0 Å². The Labute approximate surface area is 164 Å². The molecule has 1 heterocycles. The summed E-state index contributed by atoms with van der Waals surface area (Å²) in [6.45, 7) is 0. The van der Waals surface area contributed by atoms with Gasteiger partial charge in [0.05, 0.1) is 5.69 Å². The van der Waals surface area contributed by atoms with Crippen LogP contribution >= 0.6 is 35.4 Å². The van der Waals surface area contributed by atoms with Gasteiger partial charge in [0, 0.05) is 17.8 Å². The van der Waals surface area contributed by atoms with Gasteiger partial charge in [-0.05, 0) is 54.1 Å². The maximum Gasteiger partial charge on any atom is 0.274 e. The van der Waals surface area contributed by atoms with E-state index in [1.165, 1.54) is 18.6 Å². The van der Waals surface area contributed by atoms with E-state index in [4.69, 9.17) is 23.8 Å². The average molecular weight is 404 g/mol. The predicted molar refractivity (Wildman–Crippen MR) is 108 cm³/mol. The van der Waals surface area contributed by atoms with E-state index in [1.807, 2.05) is 42.5 Å². The van der Waals surface area contributed by atoms with Crippen LogP contribution in [-0.2, 0) is 0 Å². The Morgan fingerprint density at radius 3 is 2.69 bits per heavy atom. The van der Waals surface area contributed by atoms with Gasteiger partial charge in [0.2, 0.25) is 0 Å². The topological polar surface area (TPSA) is 71.3 Å². The molecule has 6 nitrogen and oxygen atoms in total. The number of benzene rings is 2. The van der Waals surface area contributed by atoms with Crippen LogP contribution in [0.4, 0.5) is 5.69 Å². The molecule has 0 aliphatic carbocycles. The first-order chi connectivity index (χ1) is 12.6. The summed E-state index contributed by atoms with van der Waals surface area (Å²) < 4.78 is 1.98. The second-order valence-corrected chi connectivity index (χ2v) is 6.82. The van der Waals surface area contributed by atoms with Gasteiger partial charge in [-0.2, -0.15) is 4.07 Å². The van der Waals surface area contributed by atoms with Crippen molar-refractivity contribution in [3.8, 4) is 5.69 Å². The molecule has 3 rings (SSSR count). The third-order valence-corrected chi connectivity index (χ3v) is 4.62. The molecule has 1 amide bonds. The fourth-order valence-corrected chi connectivity index (χ4v) is 3.39. The van der Waals surface area contributed by atoms with Crippen LogP contribution < -0.4 is 15.3 Å². The van der Waals surface area contributed by atoms with Crippen molar-refractivity contribution in [3.63, 3.8) is 0 Å². The number of rotatable bonds is 3. The van der Waals surface area contributed by atoms with Crippen molar-refractivity contribution in [2.24, 2.45) is 4.99 Å². The van der Waals surface area contributed by atoms with Gasteiger partial charge < -0.3 is 10.6 Å². The number of halogens is 1. The van der Waals surface area contributed by atoms with E-state index in [1.54, 1.807) is 16.2 Å². The number of thiocarbonyl (C=S) groups is 1. The minimum atomic E-state index is -0.344. The first-order valence-electron chi connectivity index (χ1n) is 7.56. The van der Waals surface area contributed by atoms with Gasteiger partial charge in [-0.3, -0.25) is 4.79 Å². The standard InChI is InChI=1S/C17H14ClN5OS2/c1-19-15(24)14-16(21-17(25)20-12-7-3-2-4-8-12)26-23(22-14)13-9-5-6-11(18)10-13/h2-10H,1H3,(H,19,24)(H,20,25)/b21-16-. The van der Waals surface area contributed by atoms with Crippen LogP contribution in [0, 0.1) is 0 Å². The average Bonchev–Trinajstić information content (AvgIpc) is 3.05. The molecule has 1 aromatic heterocycles. The quantitative estimate of drug-likeness (QED) is 0.658. The summed E-state index contributed by atoms with van der Waals surface area (Å²) in [6.07, 6.45) is 0. The molecule has 0 fully saturated rings. The van der Waals surface area contributed by atoms with E-state index in [0.29, 0.717) is 9.69 Å². The zero-order chi connectivity index (χ0) is 18.5. The highest BCUT2D eigenvalue weighted by Crippen LogP contribution is 2.15. The first kappa shape index (κ1) is 18.2. The van der Waals surface area contributed by atoms with Crippen molar-refractivity contribution >= 4 is 52.1 Å². The van der Waals surface area contributed by atoms with Crippen molar-refractivity contribution in [2.75, 3.05) is 12.4 Å². The van der Waals surface area contributed by atoms with E-state index in [0.717, 1.165) is 11.4 Å². The molecular weight excluding hydrogens is 390 g/mol. The zero-order valence-corrected chi connectivity index (χ0v) is 16.0. The van der Waals surface area contributed by atoms with Crippen LogP contribution in [0.15, 0.2) is 59.6 Å². The molecule has 0 radical (unpaired) electrons. The first-order valence-corrected chi connectivity index (χ1v) is 9.12. The summed E-state index contributed by atoms with van der Waals surface area (Å²) in [6, 6.07) is 16.6. The minimum Gasteiger partial charge on any atom is -0.354 e. The number of anilines is 1. The van der Waals surface area contributed by atoms with E-state index in [-0.39, 0.29) is 16.7 Å². The molecule has 0 saturated carbocycles. The van der Waals surface area contributed by atoms with Crippen LogP contribution in [0.2, 0.25) is 5.02 Å². The molecule has 2 N–H and O–H groups in total. The number of aromatic nitrogens is 2. The number of amides is 1. The zero-order valence-electron chi connectivity index (χ0n) is 13.6. The van der Waals surface area contributed by atoms with Crippen LogP contribution in [0.5, 0.6) is 0 Å². The number of hydrogen-bond acceptors (Lipinski definition) is 4. The van der Waals surface area contributed by atoms with Crippen molar-refractivity contribution in [1.29, 1.82) is 0 Å². The third-order valence-electron chi connectivity index (χ3n) is 3.27. The third kappa shape index (κ3) is 4.34. The summed E-state index contributed by atoms with van der Waals surface area (Å²) in [5.74, 6) is -0.344. The fourth-order valence-electron chi connectivity index (χ4n) is 2.08. The second-order valence-electron chi connectivity index (χ2n) is 5.08. The van der Waals surface area contributed by atoms with Gasteiger partial charge in [0.15, 0.2) is 15.5 Å². The number of nitrogens with one attached hydrogen (secondary N) is 2. The Kier molecular flexibility index (Phi) is 5.77. The summed E-state index contributed by atoms with van der Waals surface area (Å²) in [5.41, 5.74) is 1.74. The Bertz CT molecular complexity index is 1010. The number of carbonyl (C=O) groups is 1. The Morgan fingerprint density at radius 1 is 1.23 bits per heavy atom. The summed E-state index contributed by atoms with van der Waals surface area (Å²) in [4.78, 5) is 16.5. The normalized spacial score (nSPS) is 11.2. The van der Waals surface area contributed by atoms with Crippen LogP contribution in [0.1, 0.15) is 10.5 Å². The lowest BCUT2D eigenvalue weighted by Crippen LogP contribution is -2.25. The fraction of sp³-hybridized carbons (Fsp3) is 0.0588. The molecular formula is C17H14ClN5OS2. The largest absolute Gasteiger partial charge is 0.354 e. The Morgan fingerprint density at radius 2 is 2.00 bits per heavy atom. The molecule has 0 unspecified atom stereocenters. The Hall–Kier alpha value is -2.55. The summed E-state index contributed by atoms with van der Waals surface area (Å²) >= 11 is 12.5. The van der Waals surface area contributed by atoms with E-state index in [9.17, 15) is 4.79 Å². The molecule has 2 aromatic carbocycles. The van der Waals surface area contributed by atoms with Crippen LogP contribution in [0.3, 0.4) is 0 Å². The lowest BCUT2D eigenvalue weighted by atomic mass is 10.3. The number of para-hydroxylation sites is 1. The monoisotopic (exact) mass is 403 g/mol. The molecule has 132 valence electrons. The smallest absolute Gasteiger partial charge is 0.274 e. The molecule has 9 heteroatoms. The van der Waals surface area contributed by atoms with Gasteiger partial charge in [-0.1, -0.05) is 35.9 Å². The van der Waals surface area contributed by atoms with Crippen LogP contribution in [0.25, 0.3) is 5.69 Å². The van der Waals surface area contributed by atoms with Gasteiger partial charge in [0.25, 0.3) is 5.91 Å². The predicted octanol–water partition coefficient (Wildman–Crippen LogP) is 3.24. The van der Waals surface area contributed by atoms with Gasteiger partial charge >= 0.3 is 0 Å². The van der Waals surface area contributed by atoms with Gasteiger partial charge in [-0.15, -0.1) is 5.10 Å².